The number of nitrogens with zero attached hydrogens (tertiary/aromatic N) is 1. The molecule has 0 saturated carbocycles. The van der Waals surface area contributed by atoms with Crippen molar-refractivity contribution in [2.45, 2.75) is 46.3 Å². The summed E-state index contributed by atoms with van der Waals surface area (Å²) in [6.45, 7) is 7.77. The molecule has 0 fully saturated rings. The predicted octanol–water partition coefficient (Wildman–Crippen LogP) is 2.79. The van der Waals surface area contributed by atoms with Crippen molar-refractivity contribution < 1.29 is 14.3 Å². The van der Waals surface area contributed by atoms with Gasteiger partial charge in [0.05, 0.1) is 5.76 Å². The maximum Gasteiger partial charge on any atom is 0.261 e. The van der Waals surface area contributed by atoms with Gasteiger partial charge in [-0.05, 0) is 33.3 Å². The molecule has 0 aliphatic carbocycles. The van der Waals surface area contributed by atoms with Gasteiger partial charge in [0.2, 0.25) is 5.91 Å². The summed E-state index contributed by atoms with van der Waals surface area (Å²) in [5, 5.41) is 2.93. The fraction of sp³-hybridized carbons (Fsp3) is 0.400. The van der Waals surface area contributed by atoms with Crippen LogP contribution in [0.3, 0.4) is 0 Å². The predicted molar refractivity (Wildman–Crippen MR) is 97.5 cm³/mol. The van der Waals surface area contributed by atoms with Gasteiger partial charge in [0.25, 0.3) is 5.91 Å². The standard InChI is InChI=1S/C20H26N2O3/c1-5-9-17-15(4)25-13-18(23)22(12-16-10-7-6-8-11-16)19(17)20(24)21-14(2)3/h5-11,14,19H,12-13H2,1-4H3,(H,21,24)/b9-5-. The van der Waals surface area contributed by atoms with Crippen LogP contribution in [0.15, 0.2) is 53.8 Å². The van der Waals surface area contributed by atoms with Crippen molar-refractivity contribution in [3.63, 3.8) is 0 Å². The first kappa shape index (κ1) is 18.8. The number of benzene rings is 1. The summed E-state index contributed by atoms with van der Waals surface area (Å²) in [5.74, 6) is 0.203. The summed E-state index contributed by atoms with van der Waals surface area (Å²) < 4.78 is 5.59. The Labute approximate surface area is 149 Å². The SMILES string of the molecule is C/C=C\C1=C(C)OCC(=O)N(Cc2ccccc2)C1C(=O)NC(C)C. The molecule has 1 atom stereocenters. The molecular formula is C20H26N2O3. The third-order valence-electron chi connectivity index (χ3n) is 3.97. The molecule has 5 nitrogen and oxygen atoms in total. The topological polar surface area (TPSA) is 58.6 Å². The summed E-state index contributed by atoms with van der Waals surface area (Å²) in [7, 11) is 0. The number of amides is 2. The van der Waals surface area contributed by atoms with Gasteiger partial charge < -0.3 is 15.0 Å². The van der Waals surface area contributed by atoms with Crippen molar-refractivity contribution in [1.82, 2.24) is 10.2 Å². The van der Waals surface area contributed by atoms with Crippen LogP contribution in [-0.4, -0.2) is 35.4 Å². The van der Waals surface area contributed by atoms with E-state index in [1.165, 1.54) is 0 Å². The lowest BCUT2D eigenvalue weighted by Gasteiger charge is -2.30. The van der Waals surface area contributed by atoms with Crippen LogP contribution in [-0.2, 0) is 20.9 Å². The number of nitrogens with one attached hydrogen (secondary N) is 1. The number of hydrogen-bond acceptors (Lipinski definition) is 3. The van der Waals surface area contributed by atoms with Gasteiger partial charge in [-0.2, -0.15) is 0 Å². The van der Waals surface area contributed by atoms with Gasteiger partial charge >= 0.3 is 0 Å². The van der Waals surface area contributed by atoms with Gasteiger partial charge in [0.1, 0.15) is 6.04 Å². The van der Waals surface area contributed by atoms with Crippen LogP contribution in [0.1, 0.15) is 33.3 Å². The van der Waals surface area contributed by atoms with Crippen LogP contribution >= 0.6 is 0 Å². The molecule has 5 heteroatoms. The second kappa shape index (κ2) is 8.51. The molecule has 0 aromatic heterocycles. The van der Waals surface area contributed by atoms with E-state index in [0.29, 0.717) is 17.9 Å². The molecule has 1 aromatic carbocycles. The molecule has 0 radical (unpaired) electrons. The molecule has 1 aliphatic rings. The summed E-state index contributed by atoms with van der Waals surface area (Å²) >= 11 is 0. The van der Waals surface area contributed by atoms with Crippen LogP contribution in [0, 0.1) is 0 Å². The van der Waals surface area contributed by atoms with Gasteiger partial charge in [-0.3, -0.25) is 9.59 Å². The fourth-order valence-electron chi connectivity index (χ4n) is 2.83. The highest BCUT2D eigenvalue weighted by atomic mass is 16.5. The van der Waals surface area contributed by atoms with Crippen molar-refractivity contribution in [3.8, 4) is 0 Å². The van der Waals surface area contributed by atoms with Crippen molar-refractivity contribution in [3.05, 3.63) is 59.4 Å². The molecular weight excluding hydrogens is 316 g/mol. The van der Waals surface area contributed by atoms with E-state index in [0.717, 1.165) is 5.56 Å². The molecule has 0 saturated heterocycles. The van der Waals surface area contributed by atoms with E-state index in [1.54, 1.807) is 11.8 Å². The fourth-order valence-corrected chi connectivity index (χ4v) is 2.83. The van der Waals surface area contributed by atoms with Gasteiger partial charge in [0, 0.05) is 18.2 Å². The number of allylic oxidation sites excluding steroid dienone is 2. The first-order valence-electron chi connectivity index (χ1n) is 8.54. The number of rotatable bonds is 5. The number of carbonyl (C=O) groups is 2. The van der Waals surface area contributed by atoms with Crippen molar-refractivity contribution in [1.29, 1.82) is 0 Å². The Balaban J connectivity index is 2.46. The molecule has 1 heterocycles. The van der Waals surface area contributed by atoms with Gasteiger partial charge in [-0.15, -0.1) is 0 Å². The van der Waals surface area contributed by atoms with Crippen LogP contribution in [0.25, 0.3) is 0 Å². The minimum Gasteiger partial charge on any atom is -0.488 e. The molecule has 25 heavy (non-hydrogen) atoms. The molecule has 1 N–H and O–H groups in total. The zero-order chi connectivity index (χ0) is 18.4. The van der Waals surface area contributed by atoms with Crippen LogP contribution in [0.5, 0.6) is 0 Å². The number of carbonyl (C=O) groups excluding carboxylic acids is 2. The Bertz CT molecular complexity index is 677. The average molecular weight is 342 g/mol. The summed E-state index contributed by atoms with van der Waals surface area (Å²) in [4.78, 5) is 27.2. The molecule has 1 aromatic rings. The molecule has 2 rings (SSSR count). The van der Waals surface area contributed by atoms with E-state index in [4.69, 9.17) is 4.74 Å². The Morgan fingerprint density at radius 2 is 2.04 bits per heavy atom. The third kappa shape index (κ3) is 4.72. The van der Waals surface area contributed by atoms with E-state index < -0.39 is 6.04 Å². The molecule has 2 amide bonds. The summed E-state index contributed by atoms with van der Waals surface area (Å²) in [6, 6.07) is 8.93. The number of ether oxygens (including phenoxy) is 1. The van der Waals surface area contributed by atoms with Crippen molar-refractivity contribution in [2.24, 2.45) is 0 Å². The Hall–Kier alpha value is -2.56. The first-order chi connectivity index (χ1) is 11.9. The minimum atomic E-state index is -0.714. The zero-order valence-corrected chi connectivity index (χ0v) is 15.3. The van der Waals surface area contributed by atoms with E-state index in [9.17, 15) is 9.59 Å². The van der Waals surface area contributed by atoms with E-state index in [-0.39, 0.29) is 24.5 Å². The Morgan fingerprint density at radius 1 is 1.36 bits per heavy atom. The van der Waals surface area contributed by atoms with E-state index in [1.807, 2.05) is 63.3 Å². The lowest BCUT2D eigenvalue weighted by Crippen LogP contribution is -2.51. The second-order valence-corrected chi connectivity index (χ2v) is 6.37. The molecule has 1 unspecified atom stereocenters. The highest BCUT2D eigenvalue weighted by Crippen LogP contribution is 2.24. The largest absolute Gasteiger partial charge is 0.488 e. The van der Waals surface area contributed by atoms with Gasteiger partial charge in [-0.25, -0.2) is 0 Å². The van der Waals surface area contributed by atoms with Gasteiger partial charge in [0.15, 0.2) is 6.61 Å². The average Bonchev–Trinajstić information content (AvgIpc) is 2.68. The molecule has 134 valence electrons. The minimum absolute atomic E-state index is 0.0162. The molecule has 1 aliphatic heterocycles. The van der Waals surface area contributed by atoms with Crippen LogP contribution in [0.2, 0.25) is 0 Å². The lowest BCUT2D eigenvalue weighted by atomic mass is 10.0. The lowest BCUT2D eigenvalue weighted by molar-refractivity contribution is -0.141. The summed E-state index contributed by atoms with van der Waals surface area (Å²) in [5.41, 5.74) is 1.68. The van der Waals surface area contributed by atoms with Gasteiger partial charge in [-0.1, -0.05) is 42.5 Å². The number of hydrogen-bond donors (Lipinski definition) is 1. The highest BCUT2D eigenvalue weighted by molar-refractivity contribution is 5.92. The maximum atomic E-state index is 12.9. The molecule has 0 spiro atoms. The quantitative estimate of drug-likeness (QED) is 0.895. The van der Waals surface area contributed by atoms with Crippen LogP contribution in [0.4, 0.5) is 0 Å². The molecule has 0 bridgehead atoms. The van der Waals surface area contributed by atoms with E-state index >= 15 is 0 Å². The first-order valence-corrected chi connectivity index (χ1v) is 8.54. The van der Waals surface area contributed by atoms with E-state index in [2.05, 4.69) is 5.32 Å². The zero-order valence-electron chi connectivity index (χ0n) is 15.3. The Kier molecular flexibility index (Phi) is 6.39. The maximum absolute atomic E-state index is 12.9. The van der Waals surface area contributed by atoms with Crippen molar-refractivity contribution in [2.75, 3.05) is 6.61 Å². The Morgan fingerprint density at radius 3 is 2.64 bits per heavy atom. The highest BCUT2D eigenvalue weighted by Gasteiger charge is 2.36. The van der Waals surface area contributed by atoms with Crippen molar-refractivity contribution >= 4 is 11.8 Å². The normalized spacial score (nSPS) is 18.5. The summed E-state index contributed by atoms with van der Waals surface area (Å²) in [6.07, 6.45) is 3.70. The van der Waals surface area contributed by atoms with Crippen LogP contribution < -0.4 is 5.32 Å². The monoisotopic (exact) mass is 342 g/mol. The smallest absolute Gasteiger partial charge is 0.261 e. The third-order valence-corrected chi connectivity index (χ3v) is 3.97. The second-order valence-electron chi connectivity index (χ2n) is 6.37.